The van der Waals surface area contributed by atoms with Gasteiger partial charge in [-0.25, -0.2) is 13.2 Å². The van der Waals surface area contributed by atoms with Crippen molar-refractivity contribution in [3.05, 3.63) is 17.6 Å². The molecule has 102 valence electrons. The van der Waals surface area contributed by atoms with E-state index in [1.165, 1.54) is 6.92 Å². The SMILES string of the molecule is CCN(CCO)S(=O)(=O)c1cc(C(=O)O)oc1C. The van der Waals surface area contributed by atoms with Gasteiger partial charge in [0, 0.05) is 19.2 Å². The summed E-state index contributed by atoms with van der Waals surface area (Å²) in [6.45, 7) is 2.82. The van der Waals surface area contributed by atoms with E-state index in [-0.39, 0.29) is 30.4 Å². The Morgan fingerprint density at radius 2 is 2.11 bits per heavy atom. The molecule has 0 unspecified atom stereocenters. The first-order chi connectivity index (χ1) is 8.34. The van der Waals surface area contributed by atoms with Gasteiger partial charge in [-0.1, -0.05) is 6.92 Å². The van der Waals surface area contributed by atoms with Gasteiger partial charge in [0.15, 0.2) is 0 Å². The molecule has 0 bridgehead atoms. The first kappa shape index (κ1) is 14.7. The molecule has 0 aliphatic carbocycles. The van der Waals surface area contributed by atoms with Gasteiger partial charge < -0.3 is 14.6 Å². The van der Waals surface area contributed by atoms with Crippen LogP contribution in [0.2, 0.25) is 0 Å². The average molecular weight is 277 g/mol. The summed E-state index contributed by atoms with van der Waals surface area (Å²) < 4.78 is 30.3. The van der Waals surface area contributed by atoms with E-state index in [4.69, 9.17) is 14.6 Å². The summed E-state index contributed by atoms with van der Waals surface area (Å²) >= 11 is 0. The molecule has 0 aliphatic heterocycles. The Balaban J connectivity index is 3.23. The van der Waals surface area contributed by atoms with Gasteiger partial charge in [-0.3, -0.25) is 0 Å². The number of hydrogen-bond donors (Lipinski definition) is 2. The Morgan fingerprint density at radius 3 is 2.50 bits per heavy atom. The minimum Gasteiger partial charge on any atom is -0.475 e. The summed E-state index contributed by atoms with van der Waals surface area (Å²) in [7, 11) is -3.84. The highest BCUT2D eigenvalue weighted by Crippen LogP contribution is 2.23. The summed E-state index contributed by atoms with van der Waals surface area (Å²) in [5.74, 6) is -1.74. The van der Waals surface area contributed by atoms with Crippen molar-refractivity contribution in [3.8, 4) is 0 Å². The van der Waals surface area contributed by atoms with E-state index in [9.17, 15) is 13.2 Å². The molecule has 18 heavy (non-hydrogen) atoms. The maximum absolute atomic E-state index is 12.2. The lowest BCUT2D eigenvalue weighted by Gasteiger charge is -2.18. The molecule has 1 rings (SSSR count). The minimum absolute atomic E-state index is 0.0174. The van der Waals surface area contributed by atoms with Gasteiger partial charge in [-0.05, 0) is 6.92 Å². The lowest BCUT2D eigenvalue weighted by atomic mass is 10.4. The van der Waals surface area contributed by atoms with Crippen molar-refractivity contribution in [2.45, 2.75) is 18.7 Å². The Kier molecular flexibility index (Phi) is 4.49. The quantitative estimate of drug-likeness (QED) is 0.773. The molecule has 1 heterocycles. The van der Waals surface area contributed by atoms with Crippen LogP contribution >= 0.6 is 0 Å². The fourth-order valence-corrected chi connectivity index (χ4v) is 3.13. The van der Waals surface area contributed by atoms with Gasteiger partial charge >= 0.3 is 5.97 Å². The second-order valence-electron chi connectivity index (χ2n) is 3.56. The molecule has 1 aromatic rings. The Bertz CT molecular complexity index is 533. The van der Waals surface area contributed by atoms with Crippen molar-refractivity contribution in [1.29, 1.82) is 0 Å². The van der Waals surface area contributed by atoms with E-state index < -0.39 is 21.8 Å². The van der Waals surface area contributed by atoms with Crippen molar-refractivity contribution >= 4 is 16.0 Å². The van der Waals surface area contributed by atoms with E-state index in [1.807, 2.05) is 0 Å². The molecule has 0 radical (unpaired) electrons. The van der Waals surface area contributed by atoms with Gasteiger partial charge in [-0.15, -0.1) is 0 Å². The highest BCUT2D eigenvalue weighted by molar-refractivity contribution is 7.89. The van der Waals surface area contributed by atoms with Crippen LogP contribution in [0.3, 0.4) is 0 Å². The third-order valence-corrected chi connectivity index (χ3v) is 4.48. The molecule has 0 aliphatic rings. The number of rotatable bonds is 6. The summed E-state index contributed by atoms with van der Waals surface area (Å²) in [6, 6.07) is 0.979. The van der Waals surface area contributed by atoms with Crippen molar-refractivity contribution in [2.75, 3.05) is 19.7 Å². The third-order valence-electron chi connectivity index (χ3n) is 2.40. The highest BCUT2D eigenvalue weighted by atomic mass is 32.2. The molecule has 0 atom stereocenters. The van der Waals surface area contributed by atoms with E-state index in [2.05, 4.69) is 0 Å². The largest absolute Gasteiger partial charge is 0.475 e. The number of aliphatic hydroxyl groups excluding tert-OH is 1. The number of sulfonamides is 1. The van der Waals surface area contributed by atoms with Crippen LogP contribution in [0, 0.1) is 6.92 Å². The van der Waals surface area contributed by atoms with Crippen LogP contribution in [-0.4, -0.2) is 48.6 Å². The maximum atomic E-state index is 12.2. The summed E-state index contributed by atoms with van der Waals surface area (Å²) in [4.78, 5) is 10.5. The number of furan rings is 1. The van der Waals surface area contributed by atoms with Crippen LogP contribution < -0.4 is 0 Å². The lowest BCUT2D eigenvalue weighted by Crippen LogP contribution is -2.33. The second-order valence-corrected chi connectivity index (χ2v) is 5.46. The molecule has 1 aromatic heterocycles. The molecule has 8 heteroatoms. The fraction of sp³-hybridized carbons (Fsp3) is 0.500. The zero-order valence-electron chi connectivity index (χ0n) is 10.1. The molecule has 0 fully saturated rings. The van der Waals surface area contributed by atoms with Gasteiger partial charge in [-0.2, -0.15) is 4.31 Å². The lowest BCUT2D eigenvalue weighted by molar-refractivity contribution is 0.0661. The standard InChI is InChI=1S/C10H15NO6S/c1-3-11(4-5-12)18(15,16)9-6-8(10(13)14)17-7(9)2/h6,12H,3-5H2,1-2H3,(H,13,14). The number of aryl methyl sites for hydroxylation is 1. The molecule has 0 aromatic carbocycles. The summed E-state index contributed by atoms with van der Waals surface area (Å²) in [5.41, 5.74) is 0. The third kappa shape index (κ3) is 2.71. The highest BCUT2D eigenvalue weighted by Gasteiger charge is 2.28. The fourth-order valence-electron chi connectivity index (χ4n) is 1.53. The van der Waals surface area contributed by atoms with Crippen LogP contribution in [0.4, 0.5) is 0 Å². The number of aromatic carboxylic acids is 1. The number of hydrogen-bond acceptors (Lipinski definition) is 5. The molecular weight excluding hydrogens is 262 g/mol. The topological polar surface area (TPSA) is 108 Å². The van der Waals surface area contributed by atoms with Gasteiger partial charge in [0.2, 0.25) is 15.8 Å². The van der Waals surface area contributed by atoms with Crippen molar-refractivity contribution < 1.29 is 27.8 Å². The van der Waals surface area contributed by atoms with Crippen LogP contribution in [0.1, 0.15) is 23.2 Å². The van der Waals surface area contributed by atoms with Gasteiger partial charge in [0.1, 0.15) is 10.7 Å². The molecule has 0 spiro atoms. The minimum atomic E-state index is -3.84. The van der Waals surface area contributed by atoms with Crippen molar-refractivity contribution in [2.24, 2.45) is 0 Å². The van der Waals surface area contributed by atoms with Crippen LogP contribution in [-0.2, 0) is 10.0 Å². The number of nitrogens with zero attached hydrogens (tertiary/aromatic N) is 1. The number of aliphatic hydroxyl groups is 1. The molecule has 0 amide bonds. The number of carboxylic acids is 1. The average Bonchev–Trinajstić information content (AvgIpc) is 2.68. The summed E-state index contributed by atoms with van der Waals surface area (Å²) in [5, 5.41) is 17.6. The smallest absolute Gasteiger partial charge is 0.371 e. The van der Waals surface area contributed by atoms with Crippen LogP contribution in [0.5, 0.6) is 0 Å². The number of carbonyl (C=O) groups is 1. The van der Waals surface area contributed by atoms with E-state index >= 15 is 0 Å². The zero-order valence-corrected chi connectivity index (χ0v) is 10.9. The predicted molar refractivity (Wildman–Crippen MR) is 61.9 cm³/mol. The van der Waals surface area contributed by atoms with Gasteiger partial charge in [0.25, 0.3) is 0 Å². The van der Waals surface area contributed by atoms with E-state index in [1.54, 1.807) is 6.92 Å². The molecule has 2 N–H and O–H groups in total. The van der Waals surface area contributed by atoms with E-state index in [0.717, 1.165) is 10.4 Å². The van der Waals surface area contributed by atoms with Crippen LogP contribution in [0.15, 0.2) is 15.4 Å². The normalized spacial score (nSPS) is 12.0. The first-order valence-corrected chi connectivity index (χ1v) is 6.73. The molecule has 7 nitrogen and oxygen atoms in total. The Hall–Kier alpha value is -1.38. The second kappa shape index (κ2) is 5.51. The van der Waals surface area contributed by atoms with E-state index in [0.29, 0.717) is 0 Å². The zero-order chi connectivity index (χ0) is 13.9. The monoisotopic (exact) mass is 277 g/mol. The summed E-state index contributed by atoms with van der Waals surface area (Å²) in [6.07, 6.45) is 0. The maximum Gasteiger partial charge on any atom is 0.371 e. The van der Waals surface area contributed by atoms with Crippen molar-refractivity contribution in [1.82, 2.24) is 4.31 Å². The first-order valence-electron chi connectivity index (χ1n) is 5.29. The van der Waals surface area contributed by atoms with Crippen molar-refractivity contribution in [3.63, 3.8) is 0 Å². The Labute approximate surface area is 105 Å². The predicted octanol–water partition coefficient (Wildman–Crippen LogP) is 0.289. The molecule has 0 saturated carbocycles. The molecule has 0 saturated heterocycles. The number of likely N-dealkylation sites (N-methyl/N-ethyl adjacent to an activating group) is 1. The number of carboxylic acid groups (broad SMARTS) is 1. The van der Waals surface area contributed by atoms with Gasteiger partial charge in [0.05, 0.1) is 6.61 Å². The molecular formula is C10H15NO6S. The Morgan fingerprint density at radius 1 is 1.50 bits per heavy atom. The van der Waals surface area contributed by atoms with Crippen LogP contribution in [0.25, 0.3) is 0 Å².